The first-order valence-electron chi connectivity index (χ1n) is 10.1. The minimum atomic E-state index is -4.68. The molecule has 10 heteroatoms. The molecule has 0 aliphatic heterocycles. The zero-order valence-electron chi connectivity index (χ0n) is 18.3. The van der Waals surface area contributed by atoms with Gasteiger partial charge in [0.15, 0.2) is 0 Å². The molecular formula is C22H27F3N2O4S. The Hall–Kier alpha value is -2.75. The lowest BCUT2D eigenvalue weighted by Gasteiger charge is -2.30. The normalized spacial score (nSPS) is 13.0. The van der Waals surface area contributed by atoms with E-state index in [0.717, 1.165) is 18.2 Å². The molecule has 0 aliphatic rings. The fraction of sp³-hybridized carbons (Fsp3) is 0.409. The van der Waals surface area contributed by atoms with Crippen molar-refractivity contribution in [1.29, 1.82) is 0 Å². The quantitative estimate of drug-likeness (QED) is 0.537. The molecule has 2 aromatic rings. The van der Waals surface area contributed by atoms with Gasteiger partial charge in [-0.3, -0.25) is 0 Å². The summed E-state index contributed by atoms with van der Waals surface area (Å²) in [7, 11) is -4.49. The van der Waals surface area contributed by atoms with Gasteiger partial charge in [-0.1, -0.05) is 25.1 Å². The maximum absolute atomic E-state index is 12.9. The minimum Gasteiger partial charge on any atom is -0.379 e. The predicted molar refractivity (Wildman–Crippen MR) is 115 cm³/mol. The summed E-state index contributed by atoms with van der Waals surface area (Å²) >= 11 is 0. The Balaban J connectivity index is 2.26. The van der Waals surface area contributed by atoms with Crippen LogP contribution in [0.4, 0.5) is 18.0 Å². The van der Waals surface area contributed by atoms with Crippen LogP contribution in [0.1, 0.15) is 45.2 Å². The molecule has 2 aromatic carbocycles. The number of urea groups is 1. The van der Waals surface area contributed by atoms with Crippen molar-refractivity contribution < 1.29 is 30.6 Å². The molecule has 0 saturated heterocycles. The molecule has 6 nitrogen and oxygen atoms in total. The molecule has 2 rings (SSSR count). The number of alkyl halides is 3. The van der Waals surface area contributed by atoms with E-state index in [0.29, 0.717) is 18.1 Å². The number of nitrogens with zero attached hydrogens (tertiary/aromatic N) is 1. The number of rotatable bonds is 8. The molecule has 1 N–H and O–H groups in total. The van der Waals surface area contributed by atoms with Crippen LogP contribution in [0.5, 0.6) is 5.75 Å². The summed E-state index contributed by atoms with van der Waals surface area (Å²) in [6.07, 6.45) is -3.97. The van der Waals surface area contributed by atoms with Crippen LogP contribution in [0.15, 0.2) is 53.4 Å². The molecule has 0 spiro atoms. The van der Waals surface area contributed by atoms with E-state index in [2.05, 4.69) is 5.32 Å². The number of nitrogens with one attached hydrogen (secondary N) is 1. The third-order valence-electron chi connectivity index (χ3n) is 4.70. The van der Waals surface area contributed by atoms with Gasteiger partial charge in [0, 0.05) is 18.6 Å². The highest BCUT2D eigenvalue weighted by Gasteiger charge is 2.32. The van der Waals surface area contributed by atoms with Gasteiger partial charge in [0.25, 0.3) is 0 Å². The maximum atomic E-state index is 12.9. The molecule has 0 bridgehead atoms. The standard InChI is InChI=1S/C22H27F3N2O4S/c1-5-16(4)27(21(28)26-15(2)3)14-17-8-6-10-19(12-17)31-32(29,30)20-11-7-9-18(13-20)22(23,24)25/h6-13,15-16H,5,14H2,1-4H3,(H,26,28)/t16-/m0/s1. The molecule has 0 heterocycles. The Morgan fingerprint density at radius 3 is 2.34 bits per heavy atom. The van der Waals surface area contributed by atoms with Crippen LogP contribution in [0, 0.1) is 0 Å². The number of hydrogen-bond acceptors (Lipinski definition) is 4. The number of carbonyl (C=O) groups is 1. The molecule has 0 aliphatic carbocycles. The topological polar surface area (TPSA) is 75.7 Å². The number of halogens is 3. The van der Waals surface area contributed by atoms with Crippen molar-refractivity contribution in [3.05, 3.63) is 59.7 Å². The fourth-order valence-corrected chi connectivity index (χ4v) is 3.84. The van der Waals surface area contributed by atoms with Gasteiger partial charge in [-0.15, -0.1) is 0 Å². The molecule has 176 valence electrons. The van der Waals surface area contributed by atoms with E-state index in [4.69, 9.17) is 4.18 Å². The number of amides is 2. The van der Waals surface area contributed by atoms with Crippen molar-refractivity contribution in [2.45, 2.75) is 63.8 Å². The third kappa shape index (κ3) is 6.88. The maximum Gasteiger partial charge on any atom is 0.416 e. The molecule has 32 heavy (non-hydrogen) atoms. The first-order valence-corrected chi connectivity index (χ1v) is 11.5. The van der Waals surface area contributed by atoms with Crippen molar-refractivity contribution in [3.63, 3.8) is 0 Å². The Morgan fingerprint density at radius 1 is 1.09 bits per heavy atom. The van der Waals surface area contributed by atoms with Crippen LogP contribution in [0.25, 0.3) is 0 Å². The van der Waals surface area contributed by atoms with Gasteiger partial charge < -0.3 is 14.4 Å². The highest BCUT2D eigenvalue weighted by atomic mass is 32.2. The highest BCUT2D eigenvalue weighted by Crippen LogP contribution is 2.31. The van der Waals surface area contributed by atoms with Gasteiger partial charge in [-0.2, -0.15) is 21.6 Å². The fourth-order valence-electron chi connectivity index (χ4n) is 2.87. The average molecular weight is 473 g/mol. The van der Waals surface area contributed by atoms with E-state index in [-0.39, 0.29) is 30.4 Å². The van der Waals surface area contributed by atoms with E-state index in [1.165, 1.54) is 12.1 Å². The van der Waals surface area contributed by atoms with Crippen molar-refractivity contribution >= 4 is 16.1 Å². The molecule has 0 saturated carbocycles. The first kappa shape index (κ1) is 25.5. The highest BCUT2D eigenvalue weighted by molar-refractivity contribution is 7.87. The predicted octanol–water partition coefficient (Wildman–Crippen LogP) is 5.19. The second kappa shape index (κ2) is 10.2. The zero-order chi connectivity index (χ0) is 24.1. The van der Waals surface area contributed by atoms with Crippen LogP contribution >= 0.6 is 0 Å². The van der Waals surface area contributed by atoms with Crippen LogP contribution in [-0.2, 0) is 22.8 Å². The zero-order valence-corrected chi connectivity index (χ0v) is 19.1. The van der Waals surface area contributed by atoms with Crippen LogP contribution in [-0.4, -0.2) is 31.4 Å². The van der Waals surface area contributed by atoms with Crippen LogP contribution < -0.4 is 9.50 Å². The molecule has 0 unspecified atom stereocenters. The van der Waals surface area contributed by atoms with Gasteiger partial charge in [-0.25, -0.2) is 4.79 Å². The summed E-state index contributed by atoms with van der Waals surface area (Å²) < 4.78 is 68.9. The van der Waals surface area contributed by atoms with E-state index in [9.17, 15) is 26.4 Å². The Kier molecular flexibility index (Phi) is 8.17. The van der Waals surface area contributed by atoms with Gasteiger partial charge in [0.2, 0.25) is 0 Å². The van der Waals surface area contributed by atoms with E-state index in [1.54, 1.807) is 17.0 Å². The summed E-state index contributed by atoms with van der Waals surface area (Å²) in [5.74, 6) is -0.0618. The number of hydrogen-bond donors (Lipinski definition) is 1. The monoisotopic (exact) mass is 472 g/mol. The number of carbonyl (C=O) groups excluding carboxylic acids is 1. The largest absolute Gasteiger partial charge is 0.416 e. The molecule has 0 radical (unpaired) electrons. The summed E-state index contributed by atoms with van der Waals surface area (Å²) in [5, 5.41) is 2.84. The van der Waals surface area contributed by atoms with Crippen LogP contribution in [0.3, 0.4) is 0 Å². The molecule has 0 fully saturated rings. The molecule has 0 aromatic heterocycles. The lowest BCUT2D eigenvalue weighted by Crippen LogP contribution is -2.46. The second-order valence-electron chi connectivity index (χ2n) is 7.70. The molecule has 2 amide bonds. The second-order valence-corrected chi connectivity index (χ2v) is 9.25. The van der Waals surface area contributed by atoms with Gasteiger partial charge in [-0.05, 0) is 63.1 Å². The Morgan fingerprint density at radius 2 is 1.75 bits per heavy atom. The van der Waals surface area contributed by atoms with Crippen molar-refractivity contribution in [2.75, 3.05) is 0 Å². The molecular weight excluding hydrogens is 445 g/mol. The molecule has 1 atom stereocenters. The minimum absolute atomic E-state index is 0.0543. The average Bonchev–Trinajstić information content (AvgIpc) is 2.70. The Labute approximate surface area is 186 Å². The third-order valence-corrected chi connectivity index (χ3v) is 5.95. The Bertz CT molecular complexity index is 1040. The van der Waals surface area contributed by atoms with E-state index < -0.39 is 26.8 Å². The van der Waals surface area contributed by atoms with Gasteiger partial charge in [0.1, 0.15) is 10.6 Å². The van der Waals surface area contributed by atoms with Crippen LogP contribution in [0.2, 0.25) is 0 Å². The van der Waals surface area contributed by atoms with Crippen molar-refractivity contribution in [2.24, 2.45) is 0 Å². The summed E-state index contributed by atoms with van der Waals surface area (Å²) in [4.78, 5) is 13.6. The summed E-state index contributed by atoms with van der Waals surface area (Å²) in [6, 6.07) is 9.07. The lowest BCUT2D eigenvalue weighted by molar-refractivity contribution is -0.137. The van der Waals surface area contributed by atoms with E-state index >= 15 is 0 Å². The first-order chi connectivity index (χ1) is 14.8. The summed E-state index contributed by atoms with van der Waals surface area (Å²) in [6.45, 7) is 7.74. The number of benzene rings is 2. The smallest absolute Gasteiger partial charge is 0.379 e. The van der Waals surface area contributed by atoms with Crippen molar-refractivity contribution in [1.82, 2.24) is 10.2 Å². The van der Waals surface area contributed by atoms with Gasteiger partial charge in [0.05, 0.1) is 5.56 Å². The SMILES string of the molecule is CC[C@H](C)N(Cc1cccc(OS(=O)(=O)c2cccc(C(F)(F)F)c2)c1)C(=O)NC(C)C. The van der Waals surface area contributed by atoms with Gasteiger partial charge >= 0.3 is 22.3 Å². The lowest BCUT2D eigenvalue weighted by atomic mass is 10.1. The van der Waals surface area contributed by atoms with E-state index in [1.807, 2.05) is 27.7 Å². The summed E-state index contributed by atoms with van der Waals surface area (Å²) in [5.41, 5.74) is -0.475. The van der Waals surface area contributed by atoms with Crippen molar-refractivity contribution in [3.8, 4) is 5.75 Å².